The van der Waals surface area contributed by atoms with Crippen LogP contribution in [0, 0.1) is 5.92 Å². The smallest absolute Gasteiger partial charge is 0.251 e. The number of rotatable bonds is 8. The molecule has 1 fully saturated rings. The Morgan fingerprint density at radius 2 is 1.62 bits per heavy atom. The monoisotopic (exact) mass is 453 g/mol. The summed E-state index contributed by atoms with van der Waals surface area (Å²) >= 11 is 1.57. The summed E-state index contributed by atoms with van der Waals surface area (Å²) in [6.45, 7) is 6.35. The molecule has 6 heteroatoms. The molecular formula is C26H35N3O2S. The molecule has 32 heavy (non-hydrogen) atoms. The van der Waals surface area contributed by atoms with E-state index in [4.69, 9.17) is 0 Å². The number of nitrogens with one attached hydrogen (secondary N) is 3. The molecule has 0 heterocycles. The van der Waals surface area contributed by atoms with Crippen molar-refractivity contribution in [1.29, 1.82) is 0 Å². The lowest BCUT2D eigenvalue weighted by atomic mass is 9.84. The maximum Gasteiger partial charge on any atom is 0.251 e. The average Bonchev–Trinajstić information content (AvgIpc) is 2.79. The lowest BCUT2D eigenvalue weighted by molar-refractivity contribution is -0.118. The van der Waals surface area contributed by atoms with Gasteiger partial charge in [-0.2, -0.15) is 0 Å². The summed E-state index contributed by atoms with van der Waals surface area (Å²) in [5.41, 5.74) is 1.32. The van der Waals surface area contributed by atoms with E-state index in [1.807, 2.05) is 42.5 Å². The van der Waals surface area contributed by atoms with Gasteiger partial charge in [0.25, 0.3) is 5.91 Å². The van der Waals surface area contributed by atoms with Gasteiger partial charge in [0.15, 0.2) is 0 Å². The van der Waals surface area contributed by atoms with Crippen molar-refractivity contribution in [3.8, 4) is 0 Å². The third-order valence-electron chi connectivity index (χ3n) is 5.55. The molecule has 0 radical (unpaired) electrons. The van der Waals surface area contributed by atoms with Crippen LogP contribution in [0.5, 0.6) is 0 Å². The summed E-state index contributed by atoms with van der Waals surface area (Å²) < 4.78 is 3.38. The van der Waals surface area contributed by atoms with Crippen LogP contribution in [0.3, 0.4) is 0 Å². The van der Waals surface area contributed by atoms with E-state index in [0.717, 1.165) is 23.4 Å². The summed E-state index contributed by atoms with van der Waals surface area (Å²) in [4.78, 5) is 27.0. The van der Waals surface area contributed by atoms with E-state index in [0.29, 0.717) is 17.9 Å². The Labute approximate surface area is 196 Å². The Balaban J connectivity index is 1.65. The van der Waals surface area contributed by atoms with E-state index in [-0.39, 0.29) is 17.4 Å². The van der Waals surface area contributed by atoms with E-state index in [9.17, 15) is 9.59 Å². The first-order valence-electron chi connectivity index (χ1n) is 11.5. The standard InChI is InChI=1S/C26H35N3O2S/c1-26(2,3)29-32-22-16-14-21(15-17-22)27-25(31)23(18-19-10-6-4-7-11-19)28-24(30)20-12-8-5-9-13-20/h5,8-9,12-17,19,23,29H,4,6-7,10-11,18H2,1-3H3,(H,27,31)(H,28,30)/t23-/m0/s1. The highest BCUT2D eigenvalue weighted by Crippen LogP contribution is 2.28. The molecule has 2 aromatic carbocycles. The third kappa shape index (κ3) is 7.99. The molecule has 172 valence electrons. The topological polar surface area (TPSA) is 70.2 Å². The van der Waals surface area contributed by atoms with E-state index in [2.05, 4.69) is 36.1 Å². The SMILES string of the molecule is CC(C)(C)NSc1ccc(NC(=O)[C@H](CC2CCCCC2)NC(=O)c2ccccc2)cc1. The molecule has 0 spiro atoms. The first-order valence-corrected chi connectivity index (χ1v) is 12.3. The van der Waals surface area contributed by atoms with Crippen molar-refractivity contribution in [1.82, 2.24) is 10.0 Å². The van der Waals surface area contributed by atoms with Gasteiger partial charge < -0.3 is 10.6 Å². The van der Waals surface area contributed by atoms with Gasteiger partial charge in [-0.25, -0.2) is 0 Å². The Kier molecular flexibility index (Phi) is 8.76. The first-order chi connectivity index (χ1) is 15.3. The van der Waals surface area contributed by atoms with Crippen LogP contribution in [0.4, 0.5) is 5.69 Å². The minimum absolute atomic E-state index is 0.0147. The molecule has 2 amide bonds. The predicted molar refractivity (Wildman–Crippen MR) is 133 cm³/mol. The second-order valence-electron chi connectivity index (χ2n) is 9.60. The van der Waals surface area contributed by atoms with Crippen molar-refractivity contribution in [2.45, 2.75) is 75.8 Å². The van der Waals surface area contributed by atoms with Gasteiger partial charge in [-0.05, 0) is 81.5 Å². The maximum atomic E-state index is 13.2. The third-order valence-corrected chi connectivity index (χ3v) is 6.77. The van der Waals surface area contributed by atoms with Crippen LogP contribution in [0.25, 0.3) is 0 Å². The Morgan fingerprint density at radius 3 is 2.25 bits per heavy atom. The zero-order chi connectivity index (χ0) is 23.0. The molecule has 0 aliphatic heterocycles. The van der Waals surface area contributed by atoms with Crippen LogP contribution in [0.2, 0.25) is 0 Å². The van der Waals surface area contributed by atoms with Crippen LogP contribution < -0.4 is 15.4 Å². The summed E-state index contributed by atoms with van der Waals surface area (Å²) in [6, 6.07) is 16.3. The van der Waals surface area contributed by atoms with Crippen LogP contribution in [0.15, 0.2) is 59.5 Å². The highest BCUT2D eigenvalue weighted by atomic mass is 32.2. The number of benzene rings is 2. The second kappa shape index (κ2) is 11.5. The zero-order valence-corrected chi connectivity index (χ0v) is 20.1. The molecular weight excluding hydrogens is 418 g/mol. The maximum absolute atomic E-state index is 13.2. The molecule has 1 aliphatic carbocycles. The summed E-state index contributed by atoms with van der Waals surface area (Å²) in [5, 5.41) is 5.99. The molecule has 3 rings (SSSR count). The van der Waals surface area contributed by atoms with Crippen molar-refractivity contribution in [2.24, 2.45) is 5.92 Å². The van der Waals surface area contributed by atoms with Crippen molar-refractivity contribution < 1.29 is 9.59 Å². The van der Waals surface area contributed by atoms with Crippen molar-refractivity contribution in [3.63, 3.8) is 0 Å². The van der Waals surface area contributed by atoms with Gasteiger partial charge in [-0.1, -0.05) is 50.3 Å². The molecule has 0 bridgehead atoms. The first kappa shape index (κ1) is 24.3. The van der Waals surface area contributed by atoms with Gasteiger partial charge in [-0.3, -0.25) is 14.3 Å². The van der Waals surface area contributed by atoms with Gasteiger partial charge in [0, 0.05) is 21.7 Å². The Morgan fingerprint density at radius 1 is 0.969 bits per heavy atom. The fourth-order valence-electron chi connectivity index (χ4n) is 3.87. The van der Waals surface area contributed by atoms with E-state index in [1.54, 1.807) is 24.1 Å². The number of anilines is 1. The van der Waals surface area contributed by atoms with Crippen LogP contribution >= 0.6 is 11.9 Å². The summed E-state index contributed by atoms with van der Waals surface area (Å²) in [7, 11) is 0. The minimum Gasteiger partial charge on any atom is -0.340 e. The summed E-state index contributed by atoms with van der Waals surface area (Å²) in [5.74, 6) is 0.104. The van der Waals surface area contributed by atoms with Crippen molar-refractivity contribution >= 4 is 29.4 Å². The molecule has 3 N–H and O–H groups in total. The van der Waals surface area contributed by atoms with Gasteiger partial charge in [0.05, 0.1) is 0 Å². The van der Waals surface area contributed by atoms with Gasteiger partial charge in [-0.15, -0.1) is 0 Å². The molecule has 0 saturated heterocycles. The minimum atomic E-state index is -0.553. The fraction of sp³-hybridized carbons (Fsp3) is 0.462. The summed E-state index contributed by atoms with van der Waals surface area (Å²) in [6.07, 6.45) is 6.59. The lowest BCUT2D eigenvalue weighted by Crippen LogP contribution is -2.45. The van der Waals surface area contributed by atoms with E-state index < -0.39 is 6.04 Å². The van der Waals surface area contributed by atoms with Crippen LogP contribution in [0.1, 0.15) is 69.7 Å². The molecule has 1 atom stereocenters. The molecule has 1 saturated carbocycles. The van der Waals surface area contributed by atoms with Crippen molar-refractivity contribution in [3.05, 3.63) is 60.2 Å². The second-order valence-corrected chi connectivity index (χ2v) is 10.5. The predicted octanol–water partition coefficient (Wildman–Crippen LogP) is 5.79. The average molecular weight is 454 g/mol. The van der Waals surface area contributed by atoms with E-state index in [1.165, 1.54) is 19.3 Å². The van der Waals surface area contributed by atoms with Crippen LogP contribution in [-0.2, 0) is 4.79 Å². The van der Waals surface area contributed by atoms with Gasteiger partial charge in [0.2, 0.25) is 5.91 Å². The molecule has 0 aromatic heterocycles. The highest BCUT2D eigenvalue weighted by molar-refractivity contribution is 7.97. The molecule has 0 unspecified atom stereocenters. The van der Waals surface area contributed by atoms with Crippen molar-refractivity contribution in [2.75, 3.05) is 5.32 Å². The molecule has 2 aromatic rings. The number of carbonyl (C=O) groups is 2. The number of amides is 2. The number of hydrogen-bond donors (Lipinski definition) is 3. The highest BCUT2D eigenvalue weighted by Gasteiger charge is 2.26. The fourth-order valence-corrected chi connectivity index (χ4v) is 4.56. The van der Waals surface area contributed by atoms with Crippen LogP contribution in [-0.4, -0.2) is 23.4 Å². The zero-order valence-electron chi connectivity index (χ0n) is 19.3. The van der Waals surface area contributed by atoms with Gasteiger partial charge >= 0.3 is 0 Å². The molecule has 5 nitrogen and oxygen atoms in total. The van der Waals surface area contributed by atoms with Gasteiger partial charge in [0.1, 0.15) is 6.04 Å². The number of hydrogen-bond acceptors (Lipinski definition) is 4. The largest absolute Gasteiger partial charge is 0.340 e. The van der Waals surface area contributed by atoms with E-state index >= 15 is 0 Å². The molecule has 1 aliphatic rings. The lowest BCUT2D eigenvalue weighted by Gasteiger charge is -2.26. The Hall–Kier alpha value is -2.31. The number of carbonyl (C=O) groups excluding carboxylic acids is 2. The normalized spacial score (nSPS) is 15.7. The Bertz CT molecular complexity index is 872. The quantitative estimate of drug-likeness (QED) is 0.443.